The Morgan fingerprint density at radius 2 is 1.90 bits per heavy atom. The second-order valence-electron chi connectivity index (χ2n) is 4.72. The van der Waals surface area contributed by atoms with Crippen molar-refractivity contribution in [3.63, 3.8) is 0 Å². The lowest BCUT2D eigenvalue weighted by Crippen LogP contribution is -2.28. The highest BCUT2D eigenvalue weighted by molar-refractivity contribution is 5.99. The maximum atomic E-state index is 12.1. The highest BCUT2D eigenvalue weighted by Crippen LogP contribution is 2.16. The zero-order valence-corrected chi connectivity index (χ0v) is 12.3. The number of anilines is 1. The van der Waals surface area contributed by atoms with Crippen LogP contribution in [0.5, 0.6) is 5.75 Å². The van der Waals surface area contributed by atoms with E-state index < -0.39 is 0 Å². The topological polar surface area (TPSA) is 50.4 Å². The maximum absolute atomic E-state index is 12.1. The molecule has 0 heterocycles. The van der Waals surface area contributed by atoms with Crippen molar-refractivity contribution >= 4 is 11.6 Å². The molecule has 1 amide bonds. The molecule has 0 fully saturated rings. The minimum absolute atomic E-state index is 0.101. The van der Waals surface area contributed by atoms with Crippen LogP contribution in [0.25, 0.3) is 0 Å². The Labute approximate surface area is 125 Å². The molecular weight excluding hydrogens is 264 g/mol. The van der Waals surface area contributed by atoms with Gasteiger partial charge < -0.3 is 15.4 Å². The molecule has 0 saturated heterocycles. The van der Waals surface area contributed by atoms with E-state index in [0.29, 0.717) is 18.7 Å². The largest absolute Gasteiger partial charge is 0.492 e. The lowest BCUT2D eigenvalue weighted by molar-refractivity contribution is 0.0948. The molecule has 2 aromatic carbocycles. The van der Waals surface area contributed by atoms with Gasteiger partial charge in [-0.15, -0.1) is 0 Å². The van der Waals surface area contributed by atoms with Crippen LogP contribution in [0.15, 0.2) is 48.5 Å². The third-order valence-electron chi connectivity index (χ3n) is 3.09. The second kappa shape index (κ2) is 7.33. The van der Waals surface area contributed by atoms with Gasteiger partial charge in [0.15, 0.2) is 0 Å². The Morgan fingerprint density at radius 1 is 1.14 bits per heavy atom. The first-order chi connectivity index (χ1) is 10.2. The fourth-order valence-electron chi connectivity index (χ4n) is 2.01. The number of nitrogens with one attached hydrogen (secondary N) is 2. The van der Waals surface area contributed by atoms with Crippen molar-refractivity contribution in [3.05, 3.63) is 59.7 Å². The van der Waals surface area contributed by atoms with Crippen molar-refractivity contribution in [2.24, 2.45) is 0 Å². The van der Waals surface area contributed by atoms with E-state index in [2.05, 4.69) is 10.6 Å². The van der Waals surface area contributed by atoms with E-state index in [1.165, 1.54) is 0 Å². The monoisotopic (exact) mass is 284 g/mol. The smallest absolute Gasteiger partial charge is 0.253 e. The lowest BCUT2D eigenvalue weighted by Gasteiger charge is -2.11. The van der Waals surface area contributed by atoms with E-state index in [9.17, 15) is 4.79 Å². The number of hydrogen-bond donors (Lipinski definition) is 2. The zero-order chi connectivity index (χ0) is 15.1. The van der Waals surface area contributed by atoms with Gasteiger partial charge in [0.2, 0.25) is 0 Å². The number of aryl methyl sites for hydroxylation is 1. The number of rotatable bonds is 6. The van der Waals surface area contributed by atoms with Crippen LogP contribution in [0.1, 0.15) is 15.9 Å². The van der Waals surface area contributed by atoms with Gasteiger partial charge in [0, 0.05) is 12.7 Å². The summed E-state index contributed by atoms with van der Waals surface area (Å²) in [6.07, 6.45) is 0. The number of para-hydroxylation sites is 1. The minimum Gasteiger partial charge on any atom is -0.492 e. The molecule has 0 bridgehead atoms. The molecule has 110 valence electrons. The summed E-state index contributed by atoms with van der Waals surface area (Å²) in [5, 5.41) is 5.90. The van der Waals surface area contributed by atoms with Gasteiger partial charge in [-0.2, -0.15) is 0 Å². The van der Waals surface area contributed by atoms with E-state index in [0.717, 1.165) is 17.0 Å². The van der Waals surface area contributed by atoms with E-state index in [1.807, 2.05) is 62.5 Å². The molecule has 0 aliphatic rings. The van der Waals surface area contributed by atoms with Gasteiger partial charge >= 0.3 is 0 Å². The van der Waals surface area contributed by atoms with Crippen molar-refractivity contribution in [2.45, 2.75) is 6.92 Å². The Hall–Kier alpha value is -2.49. The number of benzene rings is 2. The van der Waals surface area contributed by atoms with Crippen LogP contribution in [0.4, 0.5) is 5.69 Å². The molecule has 0 saturated carbocycles. The molecule has 0 spiro atoms. The molecule has 0 radical (unpaired) electrons. The highest BCUT2D eigenvalue weighted by atomic mass is 16.5. The number of carbonyl (C=O) groups is 1. The van der Waals surface area contributed by atoms with Gasteiger partial charge in [0.05, 0.1) is 12.1 Å². The summed E-state index contributed by atoms with van der Waals surface area (Å²) in [7, 11) is 1.81. The normalized spacial score (nSPS) is 10.0. The van der Waals surface area contributed by atoms with Crippen molar-refractivity contribution in [2.75, 3.05) is 25.5 Å². The maximum Gasteiger partial charge on any atom is 0.253 e. The van der Waals surface area contributed by atoms with Crippen LogP contribution in [0.2, 0.25) is 0 Å². The highest BCUT2D eigenvalue weighted by Gasteiger charge is 2.10. The molecular formula is C17H20N2O2. The van der Waals surface area contributed by atoms with E-state index in [-0.39, 0.29) is 5.91 Å². The molecule has 0 aromatic heterocycles. The third kappa shape index (κ3) is 4.24. The SMILES string of the molecule is CNc1cc(C)ccc1C(=O)NCCOc1ccccc1. The summed E-state index contributed by atoms with van der Waals surface area (Å²) in [6.45, 7) is 2.90. The molecule has 2 rings (SSSR count). The van der Waals surface area contributed by atoms with Gasteiger partial charge in [0.1, 0.15) is 12.4 Å². The van der Waals surface area contributed by atoms with E-state index >= 15 is 0 Å². The predicted molar refractivity (Wildman–Crippen MR) is 85.0 cm³/mol. The molecule has 2 N–H and O–H groups in total. The Bertz CT molecular complexity index is 597. The van der Waals surface area contributed by atoms with Gasteiger partial charge in [-0.05, 0) is 36.8 Å². The Balaban J connectivity index is 1.85. The average molecular weight is 284 g/mol. The second-order valence-corrected chi connectivity index (χ2v) is 4.72. The molecule has 2 aromatic rings. The van der Waals surface area contributed by atoms with Crippen LogP contribution < -0.4 is 15.4 Å². The van der Waals surface area contributed by atoms with Crippen molar-refractivity contribution in [1.82, 2.24) is 5.32 Å². The first kappa shape index (κ1) is 14.9. The number of hydrogen-bond acceptors (Lipinski definition) is 3. The summed E-state index contributed by atoms with van der Waals surface area (Å²) in [5.41, 5.74) is 2.59. The van der Waals surface area contributed by atoms with Gasteiger partial charge in [-0.3, -0.25) is 4.79 Å². The van der Waals surface area contributed by atoms with Crippen LogP contribution in [0, 0.1) is 6.92 Å². The third-order valence-corrected chi connectivity index (χ3v) is 3.09. The summed E-state index contributed by atoms with van der Waals surface area (Å²) in [4.78, 5) is 12.1. The Morgan fingerprint density at radius 3 is 2.62 bits per heavy atom. The minimum atomic E-state index is -0.101. The molecule has 0 aliphatic carbocycles. The zero-order valence-electron chi connectivity index (χ0n) is 12.3. The summed E-state index contributed by atoms with van der Waals surface area (Å²) in [5.74, 6) is 0.703. The van der Waals surface area contributed by atoms with E-state index in [1.54, 1.807) is 0 Å². The quantitative estimate of drug-likeness (QED) is 0.802. The van der Waals surface area contributed by atoms with Crippen LogP contribution in [-0.4, -0.2) is 26.1 Å². The fourth-order valence-corrected chi connectivity index (χ4v) is 2.01. The number of carbonyl (C=O) groups excluding carboxylic acids is 1. The molecule has 0 unspecified atom stereocenters. The molecule has 0 aliphatic heterocycles. The number of amides is 1. The van der Waals surface area contributed by atoms with Gasteiger partial charge in [-0.1, -0.05) is 24.3 Å². The molecule has 4 nitrogen and oxygen atoms in total. The summed E-state index contributed by atoms with van der Waals surface area (Å²) >= 11 is 0. The van der Waals surface area contributed by atoms with Gasteiger partial charge in [-0.25, -0.2) is 0 Å². The standard InChI is InChI=1S/C17H20N2O2/c1-13-8-9-15(16(12-13)18-2)17(20)19-10-11-21-14-6-4-3-5-7-14/h3-9,12,18H,10-11H2,1-2H3,(H,19,20). The lowest BCUT2D eigenvalue weighted by atomic mass is 10.1. The number of ether oxygens (including phenoxy) is 1. The molecule has 0 atom stereocenters. The van der Waals surface area contributed by atoms with Gasteiger partial charge in [0.25, 0.3) is 5.91 Å². The summed E-state index contributed by atoms with van der Waals surface area (Å²) < 4.78 is 5.54. The first-order valence-corrected chi connectivity index (χ1v) is 6.95. The predicted octanol–water partition coefficient (Wildman–Crippen LogP) is 2.85. The van der Waals surface area contributed by atoms with Crippen LogP contribution >= 0.6 is 0 Å². The van der Waals surface area contributed by atoms with E-state index in [4.69, 9.17) is 4.74 Å². The average Bonchev–Trinajstić information content (AvgIpc) is 2.52. The first-order valence-electron chi connectivity index (χ1n) is 6.95. The summed E-state index contributed by atoms with van der Waals surface area (Å²) in [6, 6.07) is 15.3. The molecule has 4 heteroatoms. The van der Waals surface area contributed by atoms with Crippen molar-refractivity contribution < 1.29 is 9.53 Å². The fraction of sp³-hybridized carbons (Fsp3) is 0.235. The van der Waals surface area contributed by atoms with Crippen molar-refractivity contribution in [1.29, 1.82) is 0 Å². The van der Waals surface area contributed by atoms with Crippen LogP contribution in [-0.2, 0) is 0 Å². The Kier molecular flexibility index (Phi) is 5.21. The van der Waals surface area contributed by atoms with Crippen LogP contribution in [0.3, 0.4) is 0 Å². The molecule has 21 heavy (non-hydrogen) atoms. The van der Waals surface area contributed by atoms with Crippen molar-refractivity contribution in [3.8, 4) is 5.75 Å².